The number of benzene rings is 2. The van der Waals surface area contributed by atoms with E-state index in [1.807, 2.05) is 7.05 Å². The number of anilines is 2. The molecule has 0 atom stereocenters. The molecule has 19 heavy (non-hydrogen) atoms. The number of rotatable bonds is 3. The van der Waals surface area contributed by atoms with Crippen molar-refractivity contribution in [3.05, 3.63) is 58.9 Å². The van der Waals surface area contributed by atoms with Gasteiger partial charge in [-0.3, -0.25) is 4.79 Å². The molecule has 0 bridgehead atoms. The lowest BCUT2D eigenvalue weighted by molar-refractivity contribution is 0.101. The quantitative estimate of drug-likeness (QED) is 0.773. The molecule has 98 valence electrons. The normalized spacial score (nSPS) is 10.3. The van der Waals surface area contributed by atoms with E-state index in [9.17, 15) is 9.18 Å². The minimum Gasteiger partial charge on any atom is -0.344 e. The summed E-state index contributed by atoms with van der Waals surface area (Å²) < 4.78 is 13.2. The zero-order valence-electron chi connectivity index (χ0n) is 10.7. The Morgan fingerprint density at radius 1 is 1.16 bits per heavy atom. The molecule has 2 rings (SSSR count). The van der Waals surface area contributed by atoms with Crippen molar-refractivity contribution in [2.45, 2.75) is 6.92 Å². The van der Waals surface area contributed by atoms with E-state index < -0.39 is 0 Å². The molecule has 0 heterocycles. The monoisotopic (exact) mass is 277 g/mol. The smallest absolute Gasteiger partial charge is 0.161 e. The van der Waals surface area contributed by atoms with Gasteiger partial charge in [0.25, 0.3) is 0 Å². The van der Waals surface area contributed by atoms with Gasteiger partial charge in [0.05, 0.1) is 5.02 Å². The van der Waals surface area contributed by atoms with Gasteiger partial charge in [0.15, 0.2) is 5.78 Å². The summed E-state index contributed by atoms with van der Waals surface area (Å²) in [4.78, 5) is 13.1. The van der Waals surface area contributed by atoms with Gasteiger partial charge in [0.1, 0.15) is 5.82 Å². The fraction of sp³-hybridized carbons (Fsp3) is 0.133. The van der Waals surface area contributed by atoms with Crippen LogP contribution in [-0.4, -0.2) is 12.8 Å². The number of hydrogen-bond donors (Lipinski definition) is 0. The minimum absolute atomic E-state index is 0.0787. The van der Waals surface area contributed by atoms with Crippen LogP contribution in [0.15, 0.2) is 42.5 Å². The Morgan fingerprint density at radius 3 is 2.42 bits per heavy atom. The van der Waals surface area contributed by atoms with Gasteiger partial charge in [-0.1, -0.05) is 17.7 Å². The van der Waals surface area contributed by atoms with Crippen LogP contribution in [0.25, 0.3) is 0 Å². The molecule has 0 aliphatic heterocycles. The molecule has 0 saturated carbocycles. The van der Waals surface area contributed by atoms with Crippen LogP contribution in [-0.2, 0) is 0 Å². The molecule has 4 heteroatoms. The summed E-state index contributed by atoms with van der Waals surface area (Å²) in [5.41, 5.74) is 1.99. The van der Waals surface area contributed by atoms with Crippen molar-refractivity contribution in [3.8, 4) is 0 Å². The second kappa shape index (κ2) is 5.41. The van der Waals surface area contributed by atoms with Crippen LogP contribution in [0.1, 0.15) is 17.3 Å². The van der Waals surface area contributed by atoms with Crippen LogP contribution in [0.3, 0.4) is 0 Å². The molecule has 0 radical (unpaired) electrons. The SMILES string of the molecule is CC(=O)c1ccc(N(C)c2cccc(F)c2)cc1Cl. The van der Waals surface area contributed by atoms with Gasteiger partial charge in [-0.2, -0.15) is 0 Å². The molecule has 0 spiro atoms. The highest BCUT2D eigenvalue weighted by Gasteiger charge is 2.10. The van der Waals surface area contributed by atoms with Crippen LogP contribution in [0.2, 0.25) is 5.02 Å². The van der Waals surface area contributed by atoms with Gasteiger partial charge in [-0.25, -0.2) is 4.39 Å². The number of carbonyl (C=O) groups excluding carboxylic acids is 1. The molecule has 0 saturated heterocycles. The Balaban J connectivity index is 2.37. The fourth-order valence-corrected chi connectivity index (χ4v) is 2.14. The summed E-state index contributed by atoms with van der Waals surface area (Å²) >= 11 is 6.07. The van der Waals surface area contributed by atoms with Crippen LogP contribution in [0, 0.1) is 5.82 Å². The second-order valence-electron chi connectivity index (χ2n) is 4.26. The van der Waals surface area contributed by atoms with E-state index in [0.717, 1.165) is 5.69 Å². The van der Waals surface area contributed by atoms with Crippen LogP contribution in [0.5, 0.6) is 0 Å². The summed E-state index contributed by atoms with van der Waals surface area (Å²) in [6.45, 7) is 1.47. The predicted molar refractivity (Wildman–Crippen MR) is 75.9 cm³/mol. The highest BCUT2D eigenvalue weighted by molar-refractivity contribution is 6.34. The van der Waals surface area contributed by atoms with Gasteiger partial charge < -0.3 is 4.90 Å². The van der Waals surface area contributed by atoms with Crippen molar-refractivity contribution in [2.75, 3.05) is 11.9 Å². The average molecular weight is 278 g/mol. The molecule has 0 unspecified atom stereocenters. The van der Waals surface area contributed by atoms with Crippen molar-refractivity contribution in [2.24, 2.45) is 0 Å². The highest BCUT2D eigenvalue weighted by Crippen LogP contribution is 2.28. The Bertz CT molecular complexity index is 627. The molecule has 0 fully saturated rings. The summed E-state index contributed by atoms with van der Waals surface area (Å²) in [5.74, 6) is -0.374. The number of nitrogens with zero attached hydrogens (tertiary/aromatic N) is 1. The zero-order valence-corrected chi connectivity index (χ0v) is 11.4. The van der Waals surface area contributed by atoms with E-state index in [0.29, 0.717) is 16.3 Å². The maximum Gasteiger partial charge on any atom is 0.161 e. The van der Waals surface area contributed by atoms with Gasteiger partial charge in [-0.15, -0.1) is 0 Å². The van der Waals surface area contributed by atoms with Crippen molar-refractivity contribution >= 4 is 28.8 Å². The maximum absolute atomic E-state index is 13.2. The molecule has 0 aliphatic carbocycles. The molecule has 0 N–H and O–H groups in total. The fourth-order valence-electron chi connectivity index (χ4n) is 1.83. The topological polar surface area (TPSA) is 20.3 Å². The molecule has 2 aromatic carbocycles. The first kappa shape index (κ1) is 13.6. The summed E-state index contributed by atoms with van der Waals surface area (Å²) in [6.07, 6.45) is 0. The molecule has 0 aromatic heterocycles. The first-order valence-corrected chi connectivity index (χ1v) is 6.16. The first-order chi connectivity index (χ1) is 8.99. The van der Waals surface area contributed by atoms with Crippen LogP contribution in [0.4, 0.5) is 15.8 Å². The van der Waals surface area contributed by atoms with E-state index in [4.69, 9.17) is 11.6 Å². The third kappa shape index (κ3) is 2.93. The number of halogens is 2. The van der Waals surface area contributed by atoms with E-state index in [1.54, 1.807) is 35.2 Å². The summed E-state index contributed by atoms with van der Waals surface area (Å²) in [6, 6.07) is 11.4. The molecule has 0 amide bonds. The zero-order chi connectivity index (χ0) is 14.0. The Hall–Kier alpha value is -1.87. The molecule has 2 aromatic rings. The van der Waals surface area contributed by atoms with Crippen LogP contribution < -0.4 is 4.90 Å². The number of hydrogen-bond acceptors (Lipinski definition) is 2. The third-order valence-electron chi connectivity index (χ3n) is 2.91. The first-order valence-electron chi connectivity index (χ1n) is 5.79. The minimum atomic E-state index is -0.296. The molecular weight excluding hydrogens is 265 g/mol. The Morgan fingerprint density at radius 2 is 1.84 bits per heavy atom. The summed E-state index contributed by atoms with van der Waals surface area (Å²) in [7, 11) is 1.81. The Labute approximate surface area is 116 Å². The molecule has 2 nitrogen and oxygen atoms in total. The van der Waals surface area contributed by atoms with Gasteiger partial charge in [0, 0.05) is 24.0 Å². The van der Waals surface area contributed by atoms with Crippen molar-refractivity contribution in [1.29, 1.82) is 0 Å². The summed E-state index contributed by atoms with van der Waals surface area (Å²) in [5, 5.41) is 0.397. The lowest BCUT2D eigenvalue weighted by Crippen LogP contribution is -2.10. The predicted octanol–water partition coefficient (Wildman–Crippen LogP) is 4.45. The molecule has 0 aliphatic rings. The van der Waals surface area contributed by atoms with E-state index in [-0.39, 0.29) is 11.6 Å². The lowest BCUT2D eigenvalue weighted by Gasteiger charge is -2.20. The highest BCUT2D eigenvalue weighted by atomic mass is 35.5. The largest absolute Gasteiger partial charge is 0.344 e. The van der Waals surface area contributed by atoms with Gasteiger partial charge >= 0.3 is 0 Å². The molecular formula is C15H13ClFNO. The Kier molecular flexibility index (Phi) is 3.86. The van der Waals surface area contributed by atoms with Gasteiger partial charge in [0.2, 0.25) is 0 Å². The van der Waals surface area contributed by atoms with Crippen molar-refractivity contribution < 1.29 is 9.18 Å². The maximum atomic E-state index is 13.2. The van der Waals surface area contributed by atoms with Crippen LogP contribution >= 0.6 is 11.6 Å². The average Bonchev–Trinajstić information content (AvgIpc) is 2.37. The lowest BCUT2D eigenvalue weighted by atomic mass is 10.1. The van der Waals surface area contributed by atoms with E-state index in [1.165, 1.54) is 19.1 Å². The van der Waals surface area contributed by atoms with Crippen molar-refractivity contribution in [3.63, 3.8) is 0 Å². The number of ketones is 1. The number of carbonyl (C=O) groups is 1. The van der Waals surface area contributed by atoms with Gasteiger partial charge in [-0.05, 0) is 43.3 Å². The second-order valence-corrected chi connectivity index (χ2v) is 4.67. The van der Waals surface area contributed by atoms with E-state index >= 15 is 0 Å². The third-order valence-corrected chi connectivity index (χ3v) is 3.23. The number of Topliss-reactive ketones (excluding diaryl/α,β-unsaturated/α-hetero) is 1. The standard InChI is InChI=1S/C15H13ClFNO/c1-10(19)14-7-6-13(9-15(14)16)18(2)12-5-3-4-11(17)8-12/h3-9H,1-2H3. The van der Waals surface area contributed by atoms with E-state index in [2.05, 4.69) is 0 Å². The van der Waals surface area contributed by atoms with Crippen molar-refractivity contribution in [1.82, 2.24) is 0 Å².